The van der Waals surface area contributed by atoms with Gasteiger partial charge in [0.2, 0.25) is 0 Å². The summed E-state index contributed by atoms with van der Waals surface area (Å²) in [5.41, 5.74) is 2.91. The number of rotatable bonds is 8. The Balaban J connectivity index is 1.39. The molecular weight excluding hydrogens is 412 g/mol. The number of H-pyrrole nitrogens is 1. The maximum Gasteiger partial charge on any atom is 0.178 e. The van der Waals surface area contributed by atoms with Crippen LogP contribution in [0.1, 0.15) is 29.7 Å². The predicted octanol–water partition coefficient (Wildman–Crippen LogP) is 3.24. The van der Waals surface area contributed by atoms with E-state index in [1.54, 1.807) is 6.20 Å². The summed E-state index contributed by atoms with van der Waals surface area (Å²) in [4.78, 5) is 6.89. The average Bonchev–Trinajstić information content (AvgIpc) is 3.23. The van der Waals surface area contributed by atoms with Crippen molar-refractivity contribution in [2.75, 3.05) is 19.3 Å². The van der Waals surface area contributed by atoms with Crippen molar-refractivity contribution in [2.24, 2.45) is 5.92 Å². The molecule has 1 aliphatic rings. The van der Waals surface area contributed by atoms with Gasteiger partial charge in [0.15, 0.2) is 9.84 Å². The highest BCUT2D eigenvalue weighted by molar-refractivity contribution is 7.90. The Labute approximate surface area is 183 Å². The first-order valence-electron chi connectivity index (χ1n) is 10.5. The van der Waals surface area contributed by atoms with Crippen molar-refractivity contribution in [1.29, 1.82) is 0 Å². The quantitative estimate of drug-likeness (QED) is 0.579. The maximum absolute atomic E-state index is 12.0. The molecule has 2 aromatic heterocycles. The molecule has 7 nitrogen and oxygen atoms in total. The molecule has 3 aromatic rings. The van der Waals surface area contributed by atoms with Crippen molar-refractivity contribution in [3.8, 4) is 5.75 Å². The fraction of sp³-hybridized carbons (Fsp3) is 0.391. The van der Waals surface area contributed by atoms with E-state index in [0.717, 1.165) is 55.0 Å². The second-order valence-electron chi connectivity index (χ2n) is 8.19. The first kappa shape index (κ1) is 21.5. The molecule has 1 N–H and O–H groups in total. The number of piperidine rings is 1. The second kappa shape index (κ2) is 9.62. The average molecular weight is 441 g/mol. The first-order valence-corrected chi connectivity index (χ1v) is 12.4. The van der Waals surface area contributed by atoms with Gasteiger partial charge in [0.1, 0.15) is 17.3 Å². The van der Waals surface area contributed by atoms with Crippen molar-refractivity contribution >= 4 is 9.84 Å². The molecule has 0 unspecified atom stereocenters. The van der Waals surface area contributed by atoms with Gasteiger partial charge in [-0.25, -0.2) is 8.42 Å². The van der Waals surface area contributed by atoms with E-state index >= 15 is 0 Å². The maximum atomic E-state index is 12.0. The molecule has 1 atom stereocenters. The topological polar surface area (TPSA) is 88.2 Å². The van der Waals surface area contributed by atoms with Gasteiger partial charge >= 0.3 is 0 Å². The summed E-state index contributed by atoms with van der Waals surface area (Å²) in [5, 5.41) is 6.85. The van der Waals surface area contributed by atoms with Crippen LogP contribution in [0.2, 0.25) is 0 Å². The zero-order valence-electron chi connectivity index (χ0n) is 17.7. The standard InChI is InChI=1S/C23H28N4O3S/c1-31(28,29)23-14-25-26-21(23)12-18-7-5-11-27(15-18)16-20-8-2-3-9-22(20)30-17-19-6-4-10-24-13-19/h2-4,6,8-10,13-14,18H,5,7,11-12,15-17H2,1H3,(H,25,26)/t18-/m0/s1. The zero-order chi connectivity index (χ0) is 21.7. The summed E-state index contributed by atoms with van der Waals surface area (Å²) in [7, 11) is -3.27. The van der Waals surface area contributed by atoms with E-state index < -0.39 is 9.84 Å². The number of likely N-dealkylation sites (tertiary alicyclic amines) is 1. The van der Waals surface area contributed by atoms with Gasteiger partial charge in [0.25, 0.3) is 0 Å². The molecule has 3 heterocycles. The van der Waals surface area contributed by atoms with E-state index in [0.29, 0.717) is 23.8 Å². The van der Waals surface area contributed by atoms with Crippen LogP contribution in [0.3, 0.4) is 0 Å². The third-order valence-electron chi connectivity index (χ3n) is 5.66. The van der Waals surface area contributed by atoms with Gasteiger partial charge in [0.05, 0.1) is 11.9 Å². The number of nitrogens with one attached hydrogen (secondary N) is 1. The van der Waals surface area contributed by atoms with E-state index in [2.05, 4.69) is 26.1 Å². The highest BCUT2D eigenvalue weighted by Gasteiger charge is 2.24. The molecule has 1 aliphatic heterocycles. The van der Waals surface area contributed by atoms with Crippen LogP contribution in [0.25, 0.3) is 0 Å². The number of aromatic amines is 1. The molecule has 0 radical (unpaired) electrons. The Hall–Kier alpha value is -2.71. The number of nitrogens with zero attached hydrogens (tertiary/aromatic N) is 3. The van der Waals surface area contributed by atoms with Gasteiger partial charge in [-0.3, -0.25) is 15.0 Å². The largest absolute Gasteiger partial charge is 0.489 e. The third-order valence-corrected chi connectivity index (χ3v) is 6.81. The van der Waals surface area contributed by atoms with Crippen LogP contribution in [-0.4, -0.2) is 47.8 Å². The molecule has 31 heavy (non-hydrogen) atoms. The zero-order valence-corrected chi connectivity index (χ0v) is 18.5. The summed E-state index contributed by atoms with van der Waals surface area (Å²) in [5.74, 6) is 1.28. The third kappa shape index (κ3) is 5.71. The Morgan fingerprint density at radius 2 is 2.06 bits per heavy atom. The van der Waals surface area contributed by atoms with Gasteiger partial charge in [-0.05, 0) is 43.9 Å². The smallest absolute Gasteiger partial charge is 0.178 e. The van der Waals surface area contributed by atoms with Crippen LogP contribution in [0, 0.1) is 5.92 Å². The highest BCUT2D eigenvalue weighted by atomic mass is 32.2. The molecule has 1 saturated heterocycles. The molecule has 0 spiro atoms. The van der Waals surface area contributed by atoms with Crippen LogP contribution in [0.4, 0.5) is 0 Å². The van der Waals surface area contributed by atoms with Crippen LogP contribution >= 0.6 is 0 Å². The van der Waals surface area contributed by atoms with Crippen molar-refractivity contribution in [1.82, 2.24) is 20.1 Å². The number of hydrogen-bond donors (Lipinski definition) is 1. The monoisotopic (exact) mass is 440 g/mol. The van der Waals surface area contributed by atoms with Gasteiger partial charge in [-0.15, -0.1) is 0 Å². The fourth-order valence-corrected chi connectivity index (χ4v) is 5.00. The SMILES string of the molecule is CS(=O)(=O)c1cn[nH]c1C[C@@H]1CCCN(Cc2ccccc2OCc2cccnc2)C1. The molecular formula is C23H28N4O3S. The van der Waals surface area contributed by atoms with E-state index in [9.17, 15) is 8.42 Å². The first-order chi connectivity index (χ1) is 15.0. The summed E-state index contributed by atoms with van der Waals surface area (Å²) in [6.45, 7) is 3.23. The van der Waals surface area contributed by atoms with Gasteiger partial charge < -0.3 is 4.74 Å². The lowest BCUT2D eigenvalue weighted by Crippen LogP contribution is -2.36. The normalized spacial score (nSPS) is 17.5. The molecule has 0 bridgehead atoms. The molecule has 8 heteroatoms. The minimum absolute atomic E-state index is 0.318. The highest BCUT2D eigenvalue weighted by Crippen LogP contribution is 2.27. The van der Waals surface area contributed by atoms with E-state index in [1.807, 2.05) is 36.5 Å². The fourth-order valence-electron chi connectivity index (χ4n) is 4.18. The van der Waals surface area contributed by atoms with Crippen LogP contribution in [0.15, 0.2) is 59.9 Å². The Bertz CT molecular complexity index is 1100. The molecule has 4 rings (SSSR count). The van der Waals surface area contributed by atoms with Crippen LogP contribution in [-0.2, 0) is 29.4 Å². The number of para-hydroxylation sites is 1. The predicted molar refractivity (Wildman–Crippen MR) is 118 cm³/mol. The van der Waals surface area contributed by atoms with E-state index in [4.69, 9.17) is 4.74 Å². The summed E-state index contributed by atoms with van der Waals surface area (Å²) >= 11 is 0. The number of pyridine rings is 1. The molecule has 1 fully saturated rings. The van der Waals surface area contributed by atoms with Crippen molar-refractivity contribution in [3.05, 3.63) is 71.8 Å². The second-order valence-corrected chi connectivity index (χ2v) is 10.2. The Kier molecular flexibility index (Phi) is 6.67. The molecule has 164 valence electrons. The van der Waals surface area contributed by atoms with Crippen LogP contribution in [0.5, 0.6) is 5.75 Å². The Morgan fingerprint density at radius 1 is 1.19 bits per heavy atom. The molecule has 0 aliphatic carbocycles. The van der Waals surface area contributed by atoms with E-state index in [1.165, 1.54) is 12.5 Å². The summed E-state index contributed by atoms with van der Waals surface area (Å²) in [6, 6.07) is 12.1. The van der Waals surface area contributed by atoms with Crippen molar-refractivity contribution in [3.63, 3.8) is 0 Å². The number of ether oxygens (including phenoxy) is 1. The minimum atomic E-state index is -3.27. The van der Waals surface area contributed by atoms with E-state index in [-0.39, 0.29) is 0 Å². The lowest BCUT2D eigenvalue weighted by molar-refractivity contribution is 0.163. The molecule has 0 saturated carbocycles. The number of aromatic nitrogens is 3. The lowest BCUT2D eigenvalue weighted by Gasteiger charge is -2.33. The van der Waals surface area contributed by atoms with Crippen molar-refractivity contribution in [2.45, 2.75) is 37.3 Å². The number of hydrogen-bond acceptors (Lipinski definition) is 6. The van der Waals surface area contributed by atoms with Crippen LogP contribution < -0.4 is 4.74 Å². The lowest BCUT2D eigenvalue weighted by atomic mass is 9.93. The number of sulfone groups is 1. The summed E-state index contributed by atoms with van der Waals surface area (Å²) < 4.78 is 30.0. The van der Waals surface area contributed by atoms with Gasteiger partial charge in [-0.2, -0.15) is 5.10 Å². The Morgan fingerprint density at radius 3 is 2.87 bits per heavy atom. The minimum Gasteiger partial charge on any atom is -0.489 e. The van der Waals surface area contributed by atoms with Gasteiger partial charge in [-0.1, -0.05) is 24.3 Å². The summed E-state index contributed by atoms with van der Waals surface area (Å²) in [6.07, 6.45) is 9.09. The van der Waals surface area contributed by atoms with Crippen molar-refractivity contribution < 1.29 is 13.2 Å². The van der Waals surface area contributed by atoms with Gasteiger partial charge in [0, 0.05) is 42.9 Å². The molecule has 0 amide bonds. The molecule has 1 aromatic carbocycles. The number of benzene rings is 1.